The van der Waals surface area contributed by atoms with Crippen molar-refractivity contribution in [2.45, 2.75) is 58.0 Å². The first-order valence-electron chi connectivity index (χ1n) is 7.79. The van der Waals surface area contributed by atoms with E-state index in [0.29, 0.717) is 6.04 Å². The lowest BCUT2D eigenvalue weighted by Crippen LogP contribution is -2.33. The van der Waals surface area contributed by atoms with Gasteiger partial charge in [0.05, 0.1) is 22.4 Å². The minimum absolute atomic E-state index is 0.193. The molecule has 2 saturated carbocycles. The summed E-state index contributed by atoms with van der Waals surface area (Å²) in [5.74, 6) is 8.62. The second kappa shape index (κ2) is 5.78. The topological polar surface area (TPSA) is 55.9 Å². The highest BCUT2D eigenvalue weighted by molar-refractivity contribution is 9.10. The standard InChI is InChI=1S/C15H25BrN4/c1-9(2)20-15(13(16)8-18-20)14(19-17)7-12-6-10-3-4-11(12)5-10/h8-12,14,19H,3-7,17H2,1-2H3. The molecule has 0 saturated heterocycles. The van der Waals surface area contributed by atoms with E-state index in [-0.39, 0.29) is 6.04 Å². The van der Waals surface area contributed by atoms with Crippen LogP contribution in [0.3, 0.4) is 0 Å². The molecule has 0 aliphatic heterocycles. The highest BCUT2D eigenvalue weighted by atomic mass is 79.9. The molecule has 2 bridgehead atoms. The fraction of sp³-hybridized carbons (Fsp3) is 0.800. The van der Waals surface area contributed by atoms with Crippen molar-refractivity contribution in [1.29, 1.82) is 0 Å². The van der Waals surface area contributed by atoms with Gasteiger partial charge in [0.1, 0.15) is 0 Å². The van der Waals surface area contributed by atoms with Gasteiger partial charge in [0, 0.05) is 6.04 Å². The predicted molar refractivity (Wildman–Crippen MR) is 83.9 cm³/mol. The van der Waals surface area contributed by atoms with E-state index in [2.05, 4.69) is 45.0 Å². The fourth-order valence-electron chi connectivity index (χ4n) is 4.31. The molecule has 0 amide bonds. The van der Waals surface area contributed by atoms with Gasteiger partial charge in [-0.25, -0.2) is 0 Å². The minimum Gasteiger partial charge on any atom is -0.271 e. The van der Waals surface area contributed by atoms with Gasteiger partial charge in [0.2, 0.25) is 0 Å². The SMILES string of the molecule is CC(C)n1ncc(Br)c1C(CC1CC2CCC1C2)NN. The Morgan fingerprint density at radius 3 is 2.80 bits per heavy atom. The van der Waals surface area contributed by atoms with Crippen LogP contribution < -0.4 is 11.3 Å². The first kappa shape index (κ1) is 14.5. The van der Waals surface area contributed by atoms with Crippen LogP contribution in [0.25, 0.3) is 0 Å². The third-order valence-corrected chi connectivity index (χ3v) is 5.84. The molecule has 2 aliphatic carbocycles. The molecule has 4 nitrogen and oxygen atoms in total. The zero-order chi connectivity index (χ0) is 14.3. The van der Waals surface area contributed by atoms with Crippen molar-refractivity contribution in [3.63, 3.8) is 0 Å². The van der Waals surface area contributed by atoms with Gasteiger partial charge >= 0.3 is 0 Å². The molecule has 0 spiro atoms. The highest BCUT2D eigenvalue weighted by Crippen LogP contribution is 2.51. The van der Waals surface area contributed by atoms with Crippen molar-refractivity contribution in [2.75, 3.05) is 0 Å². The number of nitrogens with zero attached hydrogens (tertiary/aromatic N) is 2. The lowest BCUT2D eigenvalue weighted by Gasteiger charge is -2.27. The number of aromatic nitrogens is 2. The molecule has 20 heavy (non-hydrogen) atoms. The van der Waals surface area contributed by atoms with Crippen LogP contribution in [0.5, 0.6) is 0 Å². The van der Waals surface area contributed by atoms with Gasteiger partial charge in [0.15, 0.2) is 0 Å². The first-order valence-corrected chi connectivity index (χ1v) is 8.58. The number of nitrogens with two attached hydrogens (primary N) is 1. The number of hydrogen-bond acceptors (Lipinski definition) is 3. The molecular formula is C15H25BrN4. The predicted octanol–water partition coefficient (Wildman–Crippen LogP) is 3.56. The Morgan fingerprint density at radius 2 is 2.25 bits per heavy atom. The van der Waals surface area contributed by atoms with E-state index in [0.717, 1.165) is 28.6 Å². The van der Waals surface area contributed by atoms with E-state index in [1.54, 1.807) is 0 Å². The summed E-state index contributed by atoms with van der Waals surface area (Å²) in [5.41, 5.74) is 4.24. The molecule has 2 fully saturated rings. The van der Waals surface area contributed by atoms with Gasteiger partial charge in [0.25, 0.3) is 0 Å². The highest BCUT2D eigenvalue weighted by Gasteiger charge is 2.40. The molecule has 4 atom stereocenters. The average molecular weight is 341 g/mol. The van der Waals surface area contributed by atoms with E-state index in [1.807, 2.05) is 6.20 Å². The van der Waals surface area contributed by atoms with Crippen molar-refractivity contribution < 1.29 is 0 Å². The maximum absolute atomic E-state index is 5.87. The Hall–Kier alpha value is -0.390. The van der Waals surface area contributed by atoms with Gasteiger partial charge < -0.3 is 0 Å². The number of halogens is 1. The number of hydrogen-bond donors (Lipinski definition) is 2. The van der Waals surface area contributed by atoms with Crippen LogP contribution >= 0.6 is 15.9 Å². The van der Waals surface area contributed by atoms with Crippen molar-refractivity contribution in [3.05, 3.63) is 16.4 Å². The quantitative estimate of drug-likeness (QED) is 0.636. The molecule has 3 rings (SSSR count). The normalized spacial score (nSPS) is 30.4. The zero-order valence-electron chi connectivity index (χ0n) is 12.3. The molecule has 0 aromatic carbocycles. The third kappa shape index (κ3) is 2.55. The van der Waals surface area contributed by atoms with Gasteiger partial charge in [-0.1, -0.05) is 6.42 Å². The Kier molecular flexibility index (Phi) is 4.20. The van der Waals surface area contributed by atoms with Crippen molar-refractivity contribution >= 4 is 15.9 Å². The molecule has 1 aromatic heterocycles. The van der Waals surface area contributed by atoms with Crippen LogP contribution in [0, 0.1) is 17.8 Å². The van der Waals surface area contributed by atoms with E-state index >= 15 is 0 Å². The van der Waals surface area contributed by atoms with Crippen molar-refractivity contribution in [3.8, 4) is 0 Å². The molecule has 1 heterocycles. The minimum atomic E-state index is 0.193. The van der Waals surface area contributed by atoms with Gasteiger partial charge in [-0.2, -0.15) is 5.10 Å². The Morgan fingerprint density at radius 1 is 1.45 bits per heavy atom. The van der Waals surface area contributed by atoms with Gasteiger partial charge in [-0.05, 0) is 73.2 Å². The van der Waals surface area contributed by atoms with E-state index < -0.39 is 0 Å². The fourth-order valence-corrected chi connectivity index (χ4v) is 4.86. The summed E-state index contributed by atoms with van der Waals surface area (Å²) in [6.45, 7) is 4.32. The second-order valence-electron chi connectivity index (χ2n) is 6.81. The van der Waals surface area contributed by atoms with E-state index in [4.69, 9.17) is 5.84 Å². The lowest BCUT2D eigenvalue weighted by molar-refractivity contribution is 0.272. The van der Waals surface area contributed by atoms with Crippen molar-refractivity contribution in [2.24, 2.45) is 23.6 Å². The van der Waals surface area contributed by atoms with E-state index in [1.165, 1.54) is 31.4 Å². The van der Waals surface area contributed by atoms with E-state index in [9.17, 15) is 0 Å². The smallest absolute Gasteiger partial charge is 0.0712 e. The number of fused-ring (bicyclic) bond motifs is 2. The van der Waals surface area contributed by atoms with Crippen LogP contribution in [-0.4, -0.2) is 9.78 Å². The number of rotatable bonds is 5. The molecule has 4 unspecified atom stereocenters. The summed E-state index contributed by atoms with van der Waals surface area (Å²) in [5, 5.41) is 4.48. The average Bonchev–Trinajstić information content (AvgIpc) is 3.10. The molecular weight excluding hydrogens is 316 g/mol. The summed E-state index contributed by atoms with van der Waals surface area (Å²) >= 11 is 3.64. The maximum Gasteiger partial charge on any atom is 0.0712 e. The Labute approximate surface area is 129 Å². The van der Waals surface area contributed by atoms with Crippen LogP contribution in [0.1, 0.15) is 63.7 Å². The number of hydrazine groups is 1. The molecule has 5 heteroatoms. The molecule has 2 aliphatic rings. The largest absolute Gasteiger partial charge is 0.271 e. The Bertz CT molecular complexity index is 470. The zero-order valence-corrected chi connectivity index (χ0v) is 13.9. The maximum atomic E-state index is 5.87. The van der Waals surface area contributed by atoms with Gasteiger partial charge in [-0.3, -0.25) is 16.0 Å². The summed E-state index contributed by atoms with van der Waals surface area (Å²) in [6, 6.07) is 0.547. The lowest BCUT2D eigenvalue weighted by atomic mass is 9.83. The monoisotopic (exact) mass is 340 g/mol. The summed E-state index contributed by atoms with van der Waals surface area (Å²) in [4.78, 5) is 0. The second-order valence-corrected chi connectivity index (χ2v) is 7.66. The number of nitrogens with one attached hydrogen (secondary N) is 1. The van der Waals surface area contributed by atoms with Crippen molar-refractivity contribution in [1.82, 2.24) is 15.2 Å². The van der Waals surface area contributed by atoms with Crippen LogP contribution in [-0.2, 0) is 0 Å². The molecule has 112 valence electrons. The summed E-state index contributed by atoms with van der Waals surface area (Å²) in [6.07, 6.45) is 8.75. The van der Waals surface area contributed by atoms with Crippen LogP contribution in [0.4, 0.5) is 0 Å². The molecule has 1 aromatic rings. The third-order valence-electron chi connectivity index (χ3n) is 5.23. The molecule has 0 radical (unpaired) electrons. The van der Waals surface area contributed by atoms with Crippen LogP contribution in [0.15, 0.2) is 10.7 Å². The van der Waals surface area contributed by atoms with Gasteiger partial charge in [-0.15, -0.1) is 0 Å². The summed E-state index contributed by atoms with van der Waals surface area (Å²) in [7, 11) is 0. The van der Waals surface area contributed by atoms with Crippen LogP contribution in [0.2, 0.25) is 0 Å². The molecule has 3 N–H and O–H groups in total. The first-order chi connectivity index (χ1) is 9.60. The summed E-state index contributed by atoms with van der Waals surface area (Å²) < 4.78 is 3.15. The Balaban J connectivity index is 1.78.